The van der Waals surface area contributed by atoms with Crippen molar-refractivity contribution in [2.24, 2.45) is 0 Å². The van der Waals surface area contributed by atoms with Crippen LogP contribution in [0.4, 0.5) is 5.69 Å². The fourth-order valence-corrected chi connectivity index (χ4v) is 2.32. The van der Waals surface area contributed by atoms with Gasteiger partial charge in [0.05, 0.1) is 0 Å². The maximum atomic E-state index is 12.3. The Morgan fingerprint density at radius 3 is 2.48 bits per heavy atom. The molecule has 144 valence electrons. The molecule has 0 spiro atoms. The number of carbonyl (C=O) groups excluding carboxylic acids is 2. The lowest BCUT2D eigenvalue weighted by Gasteiger charge is -2.11. The lowest BCUT2D eigenvalue weighted by atomic mass is 10.1. The Balaban J connectivity index is 1.86. The fraction of sp³-hybridized carbons (Fsp3) is 0.333. The van der Waals surface area contributed by atoms with E-state index in [1.54, 1.807) is 31.2 Å². The van der Waals surface area contributed by atoms with Crippen molar-refractivity contribution in [3.63, 3.8) is 0 Å². The first-order valence-corrected chi connectivity index (χ1v) is 9.02. The molecule has 6 heteroatoms. The molecule has 0 bridgehead atoms. The fourth-order valence-electron chi connectivity index (χ4n) is 2.32. The van der Waals surface area contributed by atoms with Crippen LogP contribution in [0.5, 0.6) is 5.75 Å². The summed E-state index contributed by atoms with van der Waals surface area (Å²) in [6.07, 6.45) is 0.394. The Hall–Kier alpha value is -2.86. The summed E-state index contributed by atoms with van der Waals surface area (Å²) in [5, 5.41) is 5.64. The van der Waals surface area contributed by atoms with E-state index in [1.165, 1.54) is 0 Å². The van der Waals surface area contributed by atoms with E-state index in [2.05, 4.69) is 15.5 Å². The summed E-state index contributed by atoms with van der Waals surface area (Å²) in [5.41, 5.74) is 2.11. The topological polar surface area (TPSA) is 70.7 Å². The van der Waals surface area contributed by atoms with Crippen molar-refractivity contribution >= 4 is 17.5 Å². The molecule has 0 unspecified atom stereocenters. The van der Waals surface area contributed by atoms with E-state index < -0.39 is 0 Å². The zero-order valence-electron chi connectivity index (χ0n) is 16.1. The van der Waals surface area contributed by atoms with Gasteiger partial charge in [-0.15, -0.1) is 0 Å². The smallest absolute Gasteiger partial charge is 0.251 e. The number of nitrogens with one attached hydrogen (secondary N) is 2. The molecule has 2 rings (SSSR count). The van der Waals surface area contributed by atoms with Crippen LogP contribution < -0.4 is 15.4 Å². The van der Waals surface area contributed by atoms with Gasteiger partial charge in [0.1, 0.15) is 12.4 Å². The van der Waals surface area contributed by atoms with Gasteiger partial charge in [-0.3, -0.25) is 9.59 Å². The van der Waals surface area contributed by atoms with Crippen LogP contribution in [0.1, 0.15) is 29.3 Å². The molecule has 2 amide bonds. The summed E-state index contributed by atoms with van der Waals surface area (Å²) in [5.74, 6) is 0.542. The Kier molecular flexibility index (Phi) is 7.82. The van der Waals surface area contributed by atoms with Gasteiger partial charge >= 0.3 is 0 Å². The standard InChI is InChI=1S/C21H27N3O3/c1-4-20(25)23-18-7-5-6-17(14-18)21(26)22-15-16-8-10-19(11-9-16)27-13-12-24(2)3/h5-11,14H,4,12-13,15H2,1-3H3,(H,22,26)(H,23,25). The van der Waals surface area contributed by atoms with Gasteiger partial charge in [-0.25, -0.2) is 0 Å². The zero-order chi connectivity index (χ0) is 19.6. The molecular weight excluding hydrogens is 342 g/mol. The molecule has 0 heterocycles. The van der Waals surface area contributed by atoms with Crippen molar-refractivity contribution in [3.8, 4) is 5.75 Å². The largest absolute Gasteiger partial charge is 0.492 e. The Morgan fingerprint density at radius 1 is 1.07 bits per heavy atom. The second kappa shape index (κ2) is 10.3. The summed E-state index contributed by atoms with van der Waals surface area (Å²) in [7, 11) is 4.01. The van der Waals surface area contributed by atoms with Crippen LogP contribution in [-0.4, -0.2) is 44.0 Å². The quantitative estimate of drug-likeness (QED) is 0.713. The Morgan fingerprint density at radius 2 is 1.81 bits per heavy atom. The molecule has 0 saturated heterocycles. The number of hydrogen-bond donors (Lipinski definition) is 2. The minimum Gasteiger partial charge on any atom is -0.492 e. The molecule has 6 nitrogen and oxygen atoms in total. The van der Waals surface area contributed by atoms with Gasteiger partial charge in [-0.2, -0.15) is 0 Å². The molecule has 27 heavy (non-hydrogen) atoms. The number of ether oxygens (including phenoxy) is 1. The molecule has 2 aromatic rings. The van der Waals surface area contributed by atoms with Crippen molar-refractivity contribution in [3.05, 3.63) is 59.7 Å². The van der Waals surface area contributed by atoms with Crippen LogP contribution in [0, 0.1) is 0 Å². The van der Waals surface area contributed by atoms with Crippen molar-refractivity contribution in [1.82, 2.24) is 10.2 Å². The highest BCUT2D eigenvalue weighted by molar-refractivity contribution is 5.97. The van der Waals surface area contributed by atoms with Crippen molar-refractivity contribution < 1.29 is 14.3 Å². The van der Waals surface area contributed by atoms with E-state index in [4.69, 9.17) is 4.74 Å². The number of carbonyl (C=O) groups is 2. The predicted molar refractivity (Wildman–Crippen MR) is 107 cm³/mol. The molecule has 0 radical (unpaired) electrons. The zero-order valence-corrected chi connectivity index (χ0v) is 16.1. The van der Waals surface area contributed by atoms with Gasteiger partial charge in [-0.05, 0) is 50.0 Å². The Bertz CT molecular complexity index is 758. The van der Waals surface area contributed by atoms with Crippen LogP contribution in [0.15, 0.2) is 48.5 Å². The van der Waals surface area contributed by atoms with Crippen LogP contribution in [0.2, 0.25) is 0 Å². The maximum Gasteiger partial charge on any atom is 0.251 e. The molecule has 0 aliphatic rings. The molecule has 0 fully saturated rings. The molecule has 0 saturated carbocycles. The van der Waals surface area contributed by atoms with Crippen molar-refractivity contribution in [2.75, 3.05) is 32.6 Å². The third-order valence-corrected chi connectivity index (χ3v) is 3.91. The first-order valence-electron chi connectivity index (χ1n) is 9.02. The molecule has 2 N–H and O–H groups in total. The normalized spacial score (nSPS) is 10.5. The minimum atomic E-state index is -0.186. The van der Waals surface area contributed by atoms with Crippen LogP contribution in [-0.2, 0) is 11.3 Å². The second-order valence-electron chi connectivity index (χ2n) is 6.46. The third kappa shape index (κ3) is 7.11. The van der Waals surface area contributed by atoms with Gasteiger partial charge in [0, 0.05) is 30.8 Å². The van der Waals surface area contributed by atoms with Crippen molar-refractivity contribution in [1.29, 1.82) is 0 Å². The predicted octanol–water partition coefficient (Wildman–Crippen LogP) is 2.91. The minimum absolute atomic E-state index is 0.0829. The number of benzene rings is 2. The van der Waals surface area contributed by atoms with Crippen LogP contribution in [0.3, 0.4) is 0 Å². The lowest BCUT2D eigenvalue weighted by molar-refractivity contribution is -0.115. The van der Waals surface area contributed by atoms with E-state index >= 15 is 0 Å². The SMILES string of the molecule is CCC(=O)Nc1cccc(C(=O)NCc2ccc(OCCN(C)C)cc2)c1. The molecule has 0 aromatic heterocycles. The second-order valence-corrected chi connectivity index (χ2v) is 6.46. The highest BCUT2D eigenvalue weighted by Crippen LogP contribution is 2.13. The number of anilines is 1. The van der Waals surface area contributed by atoms with Gasteiger partial charge < -0.3 is 20.3 Å². The third-order valence-electron chi connectivity index (χ3n) is 3.91. The number of nitrogens with zero attached hydrogens (tertiary/aromatic N) is 1. The number of rotatable bonds is 9. The summed E-state index contributed by atoms with van der Waals surface area (Å²) < 4.78 is 5.66. The van der Waals surface area contributed by atoms with Gasteiger partial charge in [0.2, 0.25) is 5.91 Å². The first-order chi connectivity index (χ1) is 13.0. The summed E-state index contributed by atoms with van der Waals surface area (Å²) in [6, 6.07) is 14.6. The molecular formula is C21H27N3O3. The molecule has 2 aromatic carbocycles. The molecule has 0 aliphatic carbocycles. The number of likely N-dealkylation sites (N-methyl/N-ethyl adjacent to an activating group) is 1. The van der Waals surface area contributed by atoms with Crippen molar-refractivity contribution in [2.45, 2.75) is 19.9 Å². The summed E-state index contributed by atoms with van der Waals surface area (Å²) in [4.78, 5) is 25.9. The number of amides is 2. The first kappa shape index (κ1) is 20.5. The van der Waals surface area contributed by atoms with Crippen LogP contribution >= 0.6 is 0 Å². The summed E-state index contributed by atoms with van der Waals surface area (Å²) >= 11 is 0. The highest BCUT2D eigenvalue weighted by Gasteiger charge is 2.07. The average Bonchev–Trinajstić information content (AvgIpc) is 2.67. The lowest BCUT2D eigenvalue weighted by Crippen LogP contribution is -2.23. The Labute approximate surface area is 160 Å². The maximum absolute atomic E-state index is 12.3. The monoisotopic (exact) mass is 369 g/mol. The van der Waals surface area contributed by atoms with Gasteiger partial charge in [0.15, 0.2) is 0 Å². The van der Waals surface area contributed by atoms with E-state index in [0.717, 1.165) is 17.9 Å². The average molecular weight is 369 g/mol. The van der Waals surface area contributed by atoms with E-state index in [1.807, 2.05) is 38.4 Å². The van der Waals surface area contributed by atoms with E-state index in [9.17, 15) is 9.59 Å². The van der Waals surface area contributed by atoms with Crippen LogP contribution in [0.25, 0.3) is 0 Å². The van der Waals surface area contributed by atoms with Gasteiger partial charge in [0.25, 0.3) is 5.91 Å². The molecule has 0 aliphatic heterocycles. The van der Waals surface area contributed by atoms with Gasteiger partial charge in [-0.1, -0.05) is 25.1 Å². The number of hydrogen-bond acceptors (Lipinski definition) is 4. The molecule has 0 atom stereocenters. The summed E-state index contributed by atoms with van der Waals surface area (Å²) in [6.45, 7) is 3.69. The van der Waals surface area contributed by atoms with E-state index in [-0.39, 0.29) is 11.8 Å². The van der Waals surface area contributed by atoms with E-state index in [0.29, 0.717) is 30.8 Å². The highest BCUT2D eigenvalue weighted by atomic mass is 16.5.